The van der Waals surface area contributed by atoms with Crippen LogP contribution in [0.1, 0.15) is 25.8 Å². The summed E-state index contributed by atoms with van der Waals surface area (Å²) < 4.78 is 33.2. The summed E-state index contributed by atoms with van der Waals surface area (Å²) in [7, 11) is 0. The van der Waals surface area contributed by atoms with Crippen molar-refractivity contribution in [1.29, 1.82) is 0 Å². The molecule has 40 heavy (non-hydrogen) atoms. The standard InChI is InChI=1S/C27H27FN6O6/c1-13-12-34-23-15(9-27(25(34)14(2)39-13)18(35)8-20(36)31-26(27)37)7-16-22(32-40-24(16)21(23)28)17-10-30-19(11-29-17)33-3-5-38-6-4-33/h7,10-11,13-14,25H,3-6,8-9,12H2,1-2H3,(H,31,36,37)/t13-,14+,25-,27?/m1/s1. The van der Waals surface area contributed by atoms with Crippen molar-refractivity contribution in [3.05, 3.63) is 29.8 Å². The average Bonchev–Trinajstić information content (AvgIpc) is 3.36. The molecule has 4 aliphatic rings. The zero-order valence-corrected chi connectivity index (χ0v) is 22.0. The number of hydrogen-bond acceptors (Lipinski definition) is 11. The number of Topliss-reactive ketones (excluding diaryl/α,β-unsaturated/α-hetero) is 1. The summed E-state index contributed by atoms with van der Waals surface area (Å²) in [6.07, 6.45) is 1.80. The number of aromatic nitrogens is 3. The lowest BCUT2D eigenvalue weighted by Crippen LogP contribution is -2.72. The van der Waals surface area contributed by atoms with Gasteiger partial charge in [-0.2, -0.15) is 0 Å². The topological polar surface area (TPSA) is 140 Å². The molecule has 7 rings (SSSR count). The van der Waals surface area contributed by atoms with Crippen LogP contribution in [0.25, 0.3) is 22.4 Å². The lowest BCUT2D eigenvalue weighted by molar-refractivity contribution is -0.158. The molecule has 1 spiro atoms. The fraction of sp³-hybridized carbons (Fsp3) is 0.481. The minimum Gasteiger partial charge on any atom is -0.378 e. The summed E-state index contributed by atoms with van der Waals surface area (Å²) >= 11 is 0. The van der Waals surface area contributed by atoms with Crippen LogP contribution in [0.2, 0.25) is 0 Å². The van der Waals surface area contributed by atoms with Gasteiger partial charge in [-0.3, -0.25) is 19.7 Å². The van der Waals surface area contributed by atoms with Crippen LogP contribution in [0.15, 0.2) is 23.0 Å². The van der Waals surface area contributed by atoms with E-state index in [-0.39, 0.29) is 30.3 Å². The number of benzene rings is 1. The molecule has 4 aliphatic heterocycles. The van der Waals surface area contributed by atoms with Crippen molar-refractivity contribution in [3.63, 3.8) is 0 Å². The van der Waals surface area contributed by atoms with Gasteiger partial charge in [-0.05, 0) is 31.9 Å². The van der Waals surface area contributed by atoms with Gasteiger partial charge in [0, 0.05) is 19.6 Å². The van der Waals surface area contributed by atoms with E-state index in [0.29, 0.717) is 54.5 Å². The highest BCUT2D eigenvalue weighted by Gasteiger charge is 2.62. The van der Waals surface area contributed by atoms with E-state index in [4.69, 9.17) is 14.0 Å². The minimum absolute atomic E-state index is 0.0519. The van der Waals surface area contributed by atoms with E-state index in [0.717, 1.165) is 0 Å². The number of hydrogen-bond donors (Lipinski definition) is 1. The smallest absolute Gasteiger partial charge is 0.242 e. The van der Waals surface area contributed by atoms with Gasteiger partial charge in [0.05, 0.1) is 61.4 Å². The van der Waals surface area contributed by atoms with E-state index in [1.165, 1.54) is 0 Å². The number of ether oxygens (including phenoxy) is 2. The lowest BCUT2D eigenvalue weighted by atomic mass is 9.63. The number of morpholine rings is 2. The van der Waals surface area contributed by atoms with Crippen LogP contribution in [0.3, 0.4) is 0 Å². The fourth-order valence-electron chi connectivity index (χ4n) is 6.73. The van der Waals surface area contributed by atoms with Crippen LogP contribution in [-0.2, 0) is 30.3 Å². The molecular weight excluding hydrogens is 523 g/mol. The molecule has 3 aromatic rings. The minimum atomic E-state index is -1.61. The zero-order valence-electron chi connectivity index (χ0n) is 22.0. The summed E-state index contributed by atoms with van der Waals surface area (Å²) in [4.78, 5) is 51.9. The number of imide groups is 1. The first-order valence-electron chi connectivity index (χ1n) is 13.3. The molecule has 3 fully saturated rings. The molecule has 0 bridgehead atoms. The Bertz CT molecular complexity index is 1530. The molecule has 0 aliphatic carbocycles. The number of nitrogens with one attached hydrogen (secondary N) is 1. The Hall–Kier alpha value is -3.97. The van der Waals surface area contributed by atoms with Crippen molar-refractivity contribution in [2.45, 2.75) is 44.9 Å². The molecule has 3 saturated heterocycles. The third-order valence-electron chi connectivity index (χ3n) is 8.39. The van der Waals surface area contributed by atoms with Gasteiger partial charge in [-0.1, -0.05) is 5.16 Å². The normalized spacial score (nSPS) is 28.6. The Morgan fingerprint density at radius 2 is 1.93 bits per heavy atom. The second kappa shape index (κ2) is 9.03. The number of fused-ring (bicyclic) bond motifs is 5. The lowest BCUT2D eigenvalue weighted by Gasteiger charge is -2.55. The fourth-order valence-corrected chi connectivity index (χ4v) is 6.73. The summed E-state index contributed by atoms with van der Waals surface area (Å²) in [5, 5.41) is 6.83. The Morgan fingerprint density at radius 3 is 2.65 bits per heavy atom. The summed E-state index contributed by atoms with van der Waals surface area (Å²) in [5.74, 6) is -1.76. The SMILES string of the molecule is C[C@@H]1CN2c3c(cc4c(-c5cnc(N6CCOCC6)cn5)noc4c3F)CC3(C(=O)CC(=O)NC3=O)[C@H]2[C@H](C)O1. The van der Waals surface area contributed by atoms with Crippen LogP contribution in [0, 0.1) is 11.2 Å². The van der Waals surface area contributed by atoms with E-state index >= 15 is 4.39 Å². The molecule has 2 aromatic heterocycles. The van der Waals surface area contributed by atoms with Crippen LogP contribution in [-0.4, -0.2) is 83.8 Å². The Kier molecular flexibility index (Phi) is 5.65. The first kappa shape index (κ1) is 25.0. The summed E-state index contributed by atoms with van der Waals surface area (Å²) in [5.41, 5.74) is -0.278. The van der Waals surface area contributed by atoms with Crippen molar-refractivity contribution < 1.29 is 32.8 Å². The van der Waals surface area contributed by atoms with E-state index in [1.807, 2.05) is 6.92 Å². The molecular formula is C27H27FN6O6. The molecule has 0 radical (unpaired) electrons. The van der Waals surface area contributed by atoms with Crippen LogP contribution in [0.5, 0.6) is 0 Å². The highest BCUT2D eigenvalue weighted by Crippen LogP contribution is 2.50. The van der Waals surface area contributed by atoms with Gasteiger partial charge in [0.15, 0.2) is 11.6 Å². The second-order valence-corrected chi connectivity index (χ2v) is 10.8. The number of carbonyl (C=O) groups excluding carboxylic acids is 3. The molecule has 1 aromatic carbocycles. The highest BCUT2D eigenvalue weighted by molar-refractivity contribution is 6.22. The third-order valence-corrected chi connectivity index (χ3v) is 8.39. The van der Waals surface area contributed by atoms with Crippen molar-refractivity contribution in [2.75, 3.05) is 42.6 Å². The average molecular weight is 551 g/mol. The van der Waals surface area contributed by atoms with E-state index in [9.17, 15) is 14.4 Å². The van der Waals surface area contributed by atoms with Gasteiger partial charge in [0.25, 0.3) is 0 Å². The molecule has 2 amide bonds. The zero-order chi connectivity index (χ0) is 27.8. The number of anilines is 2. The molecule has 12 nitrogen and oxygen atoms in total. The Balaban J connectivity index is 1.35. The molecule has 1 N–H and O–H groups in total. The van der Waals surface area contributed by atoms with Gasteiger partial charge in [-0.25, -0.2) is 14.4 Å². The van der Waals surface area contributed by atoms with Crippen LogP contribution in [0.4, 0.5) is 15.9 Å². The Labute approximate surface area is 227 Å². The van der Waals surface area contributed by atoms with Crippen LogP contribution < -0.4 is 15.1 Å². The summed E-state index contributed by atoms with van der Waals surface area (Å²) in [6, 6.07) is 0.904. The van der Waals surface area contributed by atoms with E-state index < -0.39 is 47.4 Å². The molecule has 13 heteroatoms. The molecule has 6 heterocycles. The number of amides is 2. The number of carbonyl (C=O) groups is 3. The largest absolute Gasteiger partial charge is 0.378 e. The van der Waals surface area contributed by atoms with Gasteiger partial charge >= 0.3 is 0 Å². The van der Waals surface area contributed by atoms with Gasteiger partial charge in [0.1, 0.15) is 22.6 Å². The summed E-state index contributed by atoms with van der Waals surface area (Å²) in [6.45, 7) is 6.49. The van der Waals surface area contributed by atoms with Crippen molar-refractivity contribution in [2.24, 2.45) is 5.41 Å². The third kappa shape index (κ3) is 3.57. The predicted octanol–water partition coefficient (Wildman–Crippen LogP) is 1.40. The predicted molar refractivity (Wildman–Crippen MR) is 138 cm³/mol. The molecule has 208 valence electrons. The second-order valence-electron chi connectivity index (χ2n) is 10.8. The van der Waals surface area contributed by atoms with Crippen molar-refractivity contribution in [1.82, 2.24) is 20.4 Å². The maximum absolute atomic E-state index is 16.3. The maximum Gasteiger partial charge on any atom is 0.242 e. The first-order chi connectivity index (χ1) is 19.3. The van der Waals surface area contributed by atoms with E-state index in [1.54, 1.807) is 30.3 Å². The van der Waals surface area contributed by atoms with Gasteiger partial charge in [-0.15, -0.1) is 0 Å². The first-order valence-corrected chi connectivity index (χ1v) is 13.3. The number of halogens is 1. The molecule has 0 saturated carbocycles. The molecule has 4 atom stereocenters. The monoisotopic (exact) mass is 550 g/mol. The van der Waals surface area contributed by atoms with E-state index in [2.05, 4.69) is 25.3 Å². The number of rotatable bonds is 2. The van der Waals surface area contributed by atoms with Crippen molar-refractivity contribution >= 4 is 40.1 Å². The number of ketones is 1. The number of nitrogens with zero attached hydrogens (tertiary/aromatic N) is 5. The molecule has 1 unspecified atom stereocenters. The quantitative estimate of drug-likeness (QED) is 0.366. The van der Waals surface area contributed by atoms with Crippen LogP contribution >= 0.6 is 0 Å². The van der Waals surface area contributed by atoms with Gasteiger partial charge < -0.3 is 23.8 Å². The Morgan fingerprint density at radius 1 is 1.12 bits per heavy atom. The van der Waals surface area contributed by atoms with Gasteiger partial charge in [0.2, 0.25) is 17.4 Å². The maximum atomic E-state index is 16.3. The highest BCUT2D eigenvalue weighted by atomic mass is 19.1. The van der Waals surface area contributed by atoms with Crippen molar-refractivity contribution in [3.8, 4) is 11.4 Å². The number of piperidine rings is 1.